The largest absolute Gasteiger partial charge is 0.494 e. The SMILES string of the molecule is CCCOc1ccc(NCc2csc3ccccc23)cc1. The smallest absolute Gasteiger partial charge is 0.119 e. The van der Waals surface area contributed by atoms with Crippen molar-refractivity contribution in [1.82, 2.24) is 0 Å². The molecule has 3 rings (SSSR count). The van der Waals surface area contributed by atoms with Crippen molar-refractivity contribution in [3.63, 3.8) is 0 Å². The third-order valence-corrected chi connectivity index (χ3v) is 4.38. The van der Waals surface area contributed by atoms with E-state index in [4.69, 9.17) is 4.74 Å². The lowest BCUT2D eigenvalue weighted by atomic mass is 10.2. The number of hydrogen-bond acceptors (Lipinski definition) is 3. The Morgan fingerprint density at radius 2 is 1.86 bits per heavy atom. The molecule has 1 heterocycles. The molecule has 0 bridgehead atoms. The van der Waals surface area contributed by atoms with E-state index in [1.165, 1.54) is 15.6 Å². The van der Waals surface area contributed by atoms with Crippen LogP contribution in [0.1, 0.15) is 18.9 Å². The molecule has 0 amide bonds. The van der Waals surface area contributed by atoms with Crippen LogP contribution in [0.4, 0.5) is 5.69 Å². The van der Waals surface area contributed by atoms with Gasteiger partial charge < -0.3 is 10.1 Å². The summed E-state index contributed by atoms with van der Waals surface area (Å²) >= 11 is 1.80. The molecule has 0 spiro atoms. The van der Waals surface area contributed by atoms with Crippen molar-refractivity contribution in [2.45, 2.75) is 19.9 Å². The quantitative estimate of drug-likeness (QED) is 0.666. The van der Waals surface area contributed by atoms with Crippen molar-refractivity contribution in [2.75, 3.05) is 11.9 Å². The Balaban J connectivity index is 1.64. The molecule has 0 fully saturated rings. The second kappa shape index (κ2) is 6.64. The van der Waals surface area contributed by atoms with E-state index in [1.54, 1.807) is 11.3 Å². The van der Waals surface area contributed by atoms with Crippen molar-refractivity contribution in [1.29, 1.82) is 0 Å². The highest BCUT2D eigenvalue weighted by Gasteiger charge is 2.03. The summed E-state index contributed by atoms with van der Waals surface area (Å²) in [5.41, 5.74) is 2.47. The van der Waals surface area contributed by atoms with Crippen LogP contribution in [0.15, 0.2) is 53.9 Å². The molecule has 0 aliphatic heterocycles. The summed E-state index contributed by atoms with van der Waals surface area (Å²) in [4.78, 5) is 0. The molecule has 108 valence electrons. The van der Waals surface area contributed by atoms with E-state index in [-0.39, 0.29) is 0 Å². The molecular weight excluding hydrogens is 278 g/mol. The molecule has 0 aliphatic carbocycles. The fraction of sp³-hybridized carbons (Fsp3) is 0.222. The molecule has 0 unspecified atom stereocenters. The summed E-state index contributed by atoms with van der Waals surface area (Å²) in [6.45, 7) is 3.73. The second-order valence-electron chi connectivity index (χ2n) is 4.98. The first-order valence-corrected chi connectivity index (χ1v) is 8.16. The standard InChI is InChI=1S/C18H19NOS/c1-2-11-20-16-9-7-15(8-10-16)19-12-14-13-21-18-6-4-3-5-17(14)18/h3-10,13,19H,2,11-12H2,1H3. The minimum Gasteiger partial charge on any atom is -0.494 e. The molecule has 0 radical (unpaired) electrons. The normalized spacial score (nSPS) is 10.7. The maximum atomic E-state index is 5.59. The first-order chi connectivity index (χ1) is 10.4. The van der Waals surface area contributed by atoms with Crippen LogP contribution in [0.25, 0.3) is 10.1 Å². The van der Waals surface area contributed by atoms with Gasteiger partial charge in [-0.3, -0.25) is 0 Å². The van der Waals surface area contributed by atoms with Gasteiger partial charge in [0.25, 0.3) is 0 Å². The number of anilines is 1. The molecule has 0 saturated carbocycles. The molecule has 2 aromatic carbocycles. The van der Waals surface area contributed by atoms with Gasteiger partial charge in [-0.15, -0.1) is 11.3 Å². The van der Waals surface area contributed by atoms with Crippen LogP contribution < -0.4 is 10.1 Å². The fourth-order valence-electron chi connectivity index (χ4n) is 2.26. The zero-order valence-electron chi connectivity index (χ0n) is 12.1. The number of benzene rings is 2. The zero-order chi connectivity index (χ0) is 14.5. The van der Waals surface area contributed by atoms with E-state index in [0.29, 0.717) is 0 Å². The van der Waals surface area contributed by atoms with Crippen LogP contribution in [0.5, 0.6) is 5.75 Å². The predicted molar refractivity (Wildman–Crippen MR) is 91.4 cm³/mol. The Morgan fingerprint density at radius 1 is 1.05 bits per heavy atom. The molecule has 1 N–H and O–H groups in total. The highest BCUT2D eigenvalue weighted by Crippen LogP contribution is 2.26. The number of fused-ring (bicyclic) bond motifs is 1. The minimum absolute atomic E-state index is 0.771. The molecule has 3 aromatic rings. The van der Waals surface area contributed by atoms with Gasteiger partial charge in [0.05, 0.1) is 6.61 Å². The van der Waals surface area contributed by atoms with E-state index in [2.05, 4.69) is 54.0 Å². The van der Waals surface area contributed by atoms with Gasteiger partial charge in [0.1, 0.15) is 5.75 Å². The number of rotatable bonds is 6. The van der Waals surface area contributed by atoms with E-state index in [9.17, 15) is 0 Å². The number of nitrogens with one attached hydrogen (secondary N) is 1. The summed E-state index contributed by atoms with van der Waals surface area (Å²) in [5.74, 6) is 0.934. The van der Waals surface area contributed by atoms with Crippen molar-refractivity contribution >= 4 is 27.1 Å². The summed E-state index contributed by atoms with van der Waals surface area (Å²) in [5, 5.41) is 7.05. The first kappa shape index (κ1) is 14.0. The molecule has 2 nitrogen and oxygen atoms in total. The van der Waals surface area contributed by atoms with E-state index >= 15 is 0 Å². The van der Waals surface area contributed by atoms with E-state index in [0.717, 1.165) is 31.0 Å². The Bertz CT molecular complexity index is 703. The third kappa shape index (κ3) is 3.37. The van der Waals surface area contributed by atoms with Crippen LogP contribution >= 0.6 is 11.3 Å². The lowest BCUT2D eigenvalue weighted by Gasteiger charge is -2.08. The van der Waals surface area contributed by atoms with Gasteiger partial charge in [-0.1, -0.05) is 25.1 Å². The molecule has 1 aromatic heterocycles. The van der Waals surface area contributed by atoms with Crippen LogP contribution in [0.2, 0.25) is 0 Å². The maximum absolute atomic E-state index is 5.59. The number of hydrogen-bond donors (Lipinski definition) is 1. The van der Waals surface area contributed by atoms with Crippen LogP contribution in [-0.2, 0) is 6.54 Å². The predicted octanol–water partition coefficient (Wildman–Crippen LogP) is 5.30. The number of ether oxygens (including phenoxy) is 1. The first-order valence-electron chi connectivity index (χ1n) is 7.28. The van der Waals surface area contributed by atoms with Crippen LogP contribution in [-0.4, -0.2) is 6.61 Å². The van der Waals surface area contributed by atoms with E-state index < -0.39 is 0 Å². The Morgan fingerprint density at radius 3 is 2.67 bits per heavy atom. The van der Waals surface area contributed by atoms with Gasteiger partial charge in [-0.05, 0) is 53.1 Å². The summed E-state index contributed by atoms with van der Waals surface area (Å²) in [6.07, 6.45) is 1.03. The molecule has 0 atom stereocenters. The monoisotopic (exact) mass is 297 g/mol. The van der Waals surface area contributed by atoms with Gasteiger partial charge in [0.2, 0.25) is 0 Å². The summed E-state index contributed by atoms with van der Waals surface area (Å²) in [7, 11) is 0. The van der Waals surface area contributed by atoms with Crippen molar-refractivity contribution in [2.24, 2.45) is 0 Å². The Kier molecular flexibility index (Phi) is 4.41. The molecule has 0 saturated heterocycles. The van der Waals surface area contributed by atoms with Crippen molar-refractivity contribution < 1.29 is 4.74 Å². The topological polar surface area (TPSA) is 21.3 Å². The van der Waals surface area contributed by atoms with Gasteiger partial charge in [-0.2, -0.15) is 0 Å². The highest BCUT2D eigenvalue weighted by molar-refractivity contribution is 7.17. The second-order valence-corrected chi connectivity index (χ2v) is 5.89. The van der Waals surface area contributed by atoms with Crippen LogP contribution in [0, 0.1) is 0 Å². The fourth-order valence-corrected chi connectivity index (χ4v) is 3.22. The van der Waals surface area contributed by atoms with E-state index in [1.807, 2.05) is 12.1 Å². The Hall–Kier alpha value is -2.00. The summed E-state index contributed by atoms with van der Waals surface area (Å²) in [6, 6.07) is 16.7. The lowest BCUT2D eigenvalue weighted by molar-refractivity contribution is 0.317. The molecule has 0 aliphatic rings. The molecular formula is C18H19NOS. The van der Waals surface area contributed by atoms with Gasteiger partial charge in [-0.25, -0.2) is 0 Å². The van der Waals surface area contributed by atoms with Gasteiger partial charge in [0, 0.05) is 16.9 Å². The Labute approximate surface area is 129 Å². The average Bonchev–Trinajstić information content (AvgIpc) is 2.95. The zero-order valence-corrected chi connectivity index (χ0v) is 13.0. The maximum Gasteiger partial charge on any atom is 0.119 e. The molecule has 21 heavy (non-hydrogen) atoms. The van der Waals surface area contributed by atoms with Crippen molar-refractivity contribution in [3.05, 3.63) is 59.5 Å². The van der Waals surface area contributed by atoms with Crippen molar-refractivity contribution in [3.8, 4) is 5.75 Å². The summed E-state index contributed by atoms with van der Waals surface area (Å²) < 4.78 is 6.94. The van der Waals surface area contributed by atoms with Gasteiger partial charge >= 0.3 is 0 Å². The lowest BCUT2D eigenvalue weighted by Crippen LogP contribution is -1.99. The third-order valence-electron chi connectivity index (χ3n) is 3.37. The van der Waals surface area contributed by atoms with Crippen LogP contribution in [0.3, 0.4) is 0 Å². The average molecular weight is 297 g/mol. The minimum atomic E-state index is 0.771. The van der Waals surface area contributed by atoms with Gasteiger partial charge in [0.15, 0.2) is 0 Å². The number of thiophene rings is 1. The molecule has 3 heteroatoms. The highest BCUT2D eigenvalue weighted by atomic mass is 32.1.